The van der Waals surface area contributed by atoms with Crippen molar-refractivity contribution in [2.75, 3.05) is 6.61 Å². The Bertz CT molecular complexity index is 439. The lowest BCUT2D eigenvalue weighted by molar-refractivity contribution is -0.142. The Morgan fingerprint density at radius 2 is 2.35 bits per heavy atom. The molecule has 17 heavy (non-hydrogen) atoms. The molecule has 7 heteroatoms. The molecule has 7 nitrogen and oxygen atoms in total. The van der Waals surface area contributed by atoms with Gasteiger partial charge in [0.05, 0.1) is 12.3 Å². The number of aryl methyl sites for hydroxylation is 1. The monoisotopic (exact) mass is 239 g/mol. The van der Waals surface area contributed by atoms with Crippen LogP contribution in [-0.2, 0) is 16.6 Å². The number of hydrogen-bond donors (Lipinski definition) is 3. The lowest BCUT2D eigenvalue weighted by atomic mass is 10.3. The van der Waals surface area contributed by atoms with Crippen molar-refractivity contribution in [2.24, 2.45) is 7.05 Å². The van der Waals surface area contributed by atoms with E-state index in [-0.39, 0.29) is 0 Å². The van der Waals surface area contributed by atoms with E-state index in [4.69, 9.17) is 10.2 Å². The number of aliphatic carboxylic acids is 1. The van der Waals surface area contributed by atoms with Gasteiger partial charge in [-0.1, -0.05) is 0 Å². The summed E-state index contributed by atoms with van der Waals surface area (Å²) in [4.78, 5) is 21.9. The number of nitrogens with zero attached hydrogens (tertiary/aromatic N) is 2. The van der Waals surface area contributed by atoms with Gasteiger partial charge in [0, 0.05) is 19.3 Å². The van der Waals surface area contributed by atoms with Gasteiger partial charge in [0.15, 0.2) is 6.04 Å². The van der Waals surface area contributed by atoms with E-state index < -0.39 is 24.5 Å². The maximum absolute atomic E-state index is 11.3. The number of amides is 1. The quantitative estimate of drug-likeness (QED) is 0.571. The van der Waals surface area contributed by atoms with E-state index in [1.165, 1.54) is 12.2 Å². The standard InChI is InChI=1S/C10H13N3O4/c1-13-7(4-5-11-13)2-3-9(15)12-8(6-14)10(16)17/h2-5,8,14H,6H2,1H3,(H,12,15)(H,16,17)/b3-2+. The molecule has 1 rings (SSSR count). The molecule has 1 aromatic rings. The van der Waals surface area contributed by atoms with Gasteiger partial charge < -0.3 is 15.5 Å². The Labute approximate surface area is 97.4 Å². The fraction of sp³-hybridized carbons (Fsp3) is 0.300. The van der Waals surface area contributed by atoms with E-state index in [9.17, 15) is 9.59 Å². The van der Waals surface area contributed by atoms with Crippen LogP contribution in [0.2, 0.25) is 0 Å². The van der Waals surface area contributed by atoms with Crippen LogP contribution in [0, 0.1) is 0 Å². The van der Waals surface area contributed by atoms with Gasteiger partial charge in [-0.15, -0.1) is 0 Å². The van der Waals surface area contributed by atoms with Gasteiger partial charge in [-0.3, -0.25) is 9.48 Å². The third-order valence-electron chi connectivity index (χ3n) is 2.06. The number of aromatic nitrogens is 2. The number of carbonyl (C=O) groups excluding carboxylic acids is 1. The summed E-state index contributed by atoms with van der Waals surface area (Å²) in [5.74, 6) is -1.87. The molecule has 0 saturated heterocycles. The first kappa shape index (κ1) is 12.9. The topological polar surface area (TPSA) is 104 Å². The number of carboxylic acids is 1. The molecule has 1 unspecified atom stereocenters. The number of carboxylic acid groups (broad SMARTS) is 1. The van der Waals surface area contributed by atoms with Crippen LogP contribution in [-0.4, -0.2) is 44.5 Å². The van der Waals surface area contributed by atoms with Crippen molar-refractivity contribution < 1.29 is 19.8 Å². The van der Waals surface area contributed by atoms with Gasteiger partial charge in [-0.2, -0.15) is 5.10 Å². The minimum atomic E-state index is -1.29. The van der Waals surface area contributed by atoms with Crippen LogP contribution in [0.4, 0.5) is 0 Å². The summed E-state index contributed by atoms with van der Waals surface area (Å²) in [5, 5.41) is 23.4. The minimum absolute atomic E-state index is 0.590. The van der Waals surface area contributed by atoms with Gasteiger partial charge >= 0.3 is 5.97 Å². The highest BCUT2D eigenvalue weighted by atomic mass is 16.4. The largest absolute Gasteiger partial charge is 0.480 e. The molecule has 1 heterocycles. The lowest BCUT2D eigenvalue weighted by Gasteiger charge is -2.09. The zero-order chi connectivity index (χ0) is 12.8. The molecule has 0 spiro atoms. The SMILES string of the molecule is Cn1nccc1/C=C/C(=O)NC(CO)C(=O)O. The average Bonchev–Trinajstić information content (AvgIpc) is 2.68. The lowest BCUT2D eigenvalue weighted by Crippen LogP contribution is -2.42. The summed E-state index contributed by atoms with van der Waals surface area (Å²) in [7, 11) is 1.71. The molecule has 0 fully saturated rings. The average molecular weight is 239 g/mol. The van der Waals surface area contributed by atoms with E-state index in [1.54, 1.807) is 24.0 Å². The van der Waals surface area contributed by atoms with Crippen LogP contribution < -0.4 is 5.32 Å². The van der Waals surface area contributed by atoms with Crippen molar-refractivity contribution in [3.05, 3.63) is 24.0 Å². The summed E-state index contributed by atoms with van der Waals surface area (Å²) < 4.78 is 1.56. The first-order valence-electron chi connectivity index (χ1n) is 4.85. The van der Waals surface area contributed by atoms with Crippen LogP contribution in [0.3, 0.4) is 0 Å². The third kappa shape index (κ3) is 3.72. The highest BCUT2D eigenvalue weighted by Gasteiger charge is 2.17. The Morgan fingerprint density at radius 1 is 1.65 bits per heavy atom. The molecule has 0 aliphatic rings. The van der Waals surface area contributed by atoms with Gasteiger partial charge in [0.2, 0.25) is 5.91 Å². The van der Waals surface area contributed by atoms with Crippen molar-refractivity contribution in [1.29, 1.82) is 0 Å². The van der Waals surface area contributed by atoms with Crippen molar-refractivity contribution in [2.45, 2.75) is 6.04 Å². The van der Waals surface area contributed by atoms with E-state index in [0.717, 1.165) is 0 Å². The molecule has 92 valence electrons. The molecule has 1 aromatic heterocycles. The smallest absolute Gasteiger partial charge is 0.328 e. The zero-order valence-corrected chi connectivity index (χ0v) is 9.20. The first-order valence-corrected chi connectivity index (χ1v) is 4.85. The maximum Gasteiger partial charge on any atom is 0.328 e. The summed E-state index contributed by atoms with van der Waals surface area (Å²) in [6.45, 7) is -0.652. The number of aliphatic hydroxyl groups is 1. The Balaban J connectivity index is 2.58. The van der Waals surface area contributed by atoms with Crippen molar-refractivity contribution in [3.8, 4) is 0 Å². The Morgan fingerprint density at radius 3 is 2.82 bits per heavy atom. The predicted molar refractivity (Wildman–Crippen MR) is 58.9 cm³/mol. The summed E-state index contributed by atoms with van der Waals surface area (Å²) in [6, 6.07) is 0.406. The number of rotatable bonds is 5. The summed E-state index contributed by atoms with van der Waals surface area (Å²) in [6.07, 6.45) is 4.26. The second-order valence-corrected chi connectivity index (χ2v) is 3.29. The van der Waals surface area contributed by atoms with E-state index in [2.05, 4.69) is 10.4 Å². The molecule has 1 atom stereocenters. The van der Waals surface area contributed by atoms with Crippen molar-refractivity contribution >= 4 is 18.0 Å². The predicted octanol–water partition coefficient (Wildman–Crippen LogP) is -1.01. The zero-order valence-electron chi connectivity index (χ0n) is 9.20. The highest BCUT2D eigenvalue weighted by molar-refractivity contribution is 5.94. The minimum Gasteiger partial charge on any atom is -0.480 e. The normalized spacial score (nSPS) is 12.6. The van der Waals surface area contributed by atoms with Gasteiger partial charge in [-0.25, -0.2) is 4.79 Å². The second-order valence-electron chi connectivity index (χ2n) is 3.29. The first-order chi connectivity index (χ1) is 8.04. The number of nitrogens with one attached hydrogen (secondary N) is 1. The van der Waals surface area contributed by atoms with E-state index >= 15 is 0 Å². The van der Waals surface area contributed by atoms with Crippen LogP contribution in [0.5, 0.6) is 0 Å². The number of carbonyl (C=O) groups is 2. The number of aliphatic hydroxyl groups excluding tert-OH is 1. The van der Waals surface area contributed by atoms with E-state index in [0.29, 0.717) is 5.69 Å². The molecular weight excluding hydrogens is 226 g/mol. The van der Waals surface area contributed by atoms with E-state index in [1.807, 2.05) is 0 Å². The molecule has 0 aliphatic carbocycles. The fourth-order valence-corrected chi connectivity index (χ4v) is 1.11. The van der Waals surface area contributed by atoms with Crippen LogP contribution >= 0.6 is 0 Å². The van der Waals surface area contributed by atoms with Crippen molar-refractivity contribution in [1.82, 2.24) is 15.1 Å². The summed E-state index contributed by atoms with van der Waals surface area (Å²) in [5.41, 5.74) is 0.705. The highest BCUT2D eigenvalue weighted by Crippen LogP contribution is 1.98. The van der Waals surface area contributed by atoms with Gasteiger partial charge in [0.1, 0.15) is 0 Å². The Hall–Kier alpha value is -2.15. The van der Waals surface area contributed by atoms with Crippen LogP contribution in [0.25, 0.3) is 6.08 Å². The third-order valence-corrected chi connectivity index (χ3v) is 2.06. The van der Waals surface area contributed by atoms with Crippen LogP contribution in [0.1, 0.15) is 5.69 Å². The number of hydrogen-bond acceptors (Lipinski definition) is 4. The Kier molecular flexibility index (Phi) is 4.41. The van der Waals surface area contributed by atoms with Gasteiger partial charge in [0.25, 0.3) is 0 Å². The van der Waals surface area contributed by atoms with Crippen molar-refractivity contribution in [3.63, 3.8) is 0 Å². The molecule has 0 radical (unpaired) electrons. The molecule has 0 bridgehead atoms. The molecule has 0 saturated carbocycles. The summed E-state index contributed by atoms with van der Waals surface area (Å²) >= 11 is 0. The molecule has 0 aromatic carbocycles. The molecule has 0 aliphatic heterocycles. The molecule has 3 N–H and O–H groups in total. The van der Waals surface area contributed by atoms with Gasteiger partial charge in [-0.05, 0) is 12.1 Å². The van der Waals surface area contributed by atoms with Crippen LogP contribution in [0.15, 0.2) is 18.3 Å². The molecular formula is C10H13N3O4. The fourth-order valence-electron chi connectivity index (χ4n) is 1.11. The maximum atomic E-state index is 11.3. The second kappa shape index (κ2) is 5.80. The molecule has 1 amide bonds.